The average molecular weight is 234 g/mol. The van der Waals surface area contributed by atoms with E-state index in [1.54, 1.807) is 0 Å². The molecule has 0 saturated heterocycles. The van der Waals surface area contributed by atoms with Gasteiger partial charge < -0.3 is 5.11 Å². The van der Waals surface area contributed by atoms with E-state index in [1.807, 2.05) is 18.2 Å². The van der Waals surface area contributed by atoms with E-state index >= 15 is 0 Å². The SMILES string of the molecule is CCCCC(C)(CCC(=O)O)c1ccccc1. The summed E-state index contributed by atoms with van der Waals surface area (Å²) in [7, 11) is 0. The summed E-state index contributed by atoms with van der Waals surface area (Å²) >= 11 is 0. The van der Waals surface area contributed by atoms with E-state index in [4.69, 9.17) is 5.11 Å². The molecule has 1 aromatic carbocycles. The second-order valence-corrected chi connectivity index (χ2v) is 4.92. The van der Waals surface area contributed by atoms with E-state index in [2.05, 4.69) is 26.0 Å². The Morgan fingerprint density at radius 3 is 2.41 bits per heavy atom. The summed E-state index contributed by atoms with van der Waals surface area (Å²) in [6.07, 6.45) is 4.31. The van der Waals surface area contributed by atoms with Crippen molar-refractivity contribution in [3.63, 3.8) is 0 Å². The molecule has 0 fully saturated rings. The molecular weight excluding hydrogens is 212 g/mol. The minimum absolute atomic E-state index is 0.00431. The fourth-order valence-corrected chi connectivity index (χ4v) is 2.20. The minimum atomic E-state index is -0.705. The normalized spacial score (nSPS) is 14.2. The Hall–Kier alpha value is -1.31. The van der Waals surface area contributed by atoms with Gasteiger partial charge in [-0.2, -0.15) is 0 Å². The Bertz CT molecular complexity index is 345. The van der Waals surface area contributed by atoms with Crippen molar-refractivity contribution in [2.75, 3.05) is 0 Å². The molecule has 0 radical (unpaired) electrons. The lowest BCUT2D eigenvalue weighted by Gasteiger charge is -2.30. The first-order valence-corrected chi connectivity index (χ1v) is 6.36. The van der Waals surface area contributed by atoms with Crippen LogP contribution in [0.25, 0.3) is 0 Å². The molecule has 0 amide bonds. The average Bonchev–Trinajstić information content (AvgIpc) is 2.35. The molecule has 1 atom stereocenters. The van der Waals surface area contributed by atoms with E-state index in [0.29, 0.717) is 6.42 Å². The number of carboxylic acids is 1. The van der Waals surface area contributed by atoms with Crippen LogP contribution in [0.3, 0.4) is 0 Å². The first-order chi connectivity index (χ1) is 8.08. The monoisotopic (exact) mass is 234 g/mol. The van der Waals surface area contributed by atoms with Gasteiger partial charge in [-0.05, 0) is 23.8 Å². The molecular formula is C15H22O2. The van der Waals surface area contributed by atoms with Crippen LogP contribution >= 0.6 is 0 Å². The van der Waals surface area contributed by atoms with Crippen molar-refractivity contribution in [1.82, 2.24) is 0 Å². The third kappa shape index (κ3) is 4.22. The maximum atomic E-state index is 10.8. The molecule has 1 aromatic rings. The predicted octanol–water partition coefficient (Wildman–Crippen LogP) is 4.00. The van der Waals surface area contributed by atoms with Crippen molar-refractivity contribution < 1.29 is 9.90 Å². The summed E-state index contributed by atoms with van der Waals surface area (Å²) in [6, 6.07) is 10.3. The lowest BCUT2D eigenvalue weighted by Crippen LogP contribution is -2.23. The number of hydrogen-bond acceptors (Lipinski definition) is 1. The molecule has 0 aliphatic heterocycles. The van der Waals surface area contributed by atoms with Gasteiger partial charge in [0.2, 0.25) is 0 Å². The standard InChI is InChI=1S/C15H22O2/c1-3-4-11-15(2,12-10-14(16)17)13-8-6-5-7-9-13/h5-9H,3-4,10-12H2,1-2H3,(H,16,17). The van der Waals surface area contributed by atoms with Crippen LogP contribution in [0.1, 0.15) is 51.5 Å². The molecule has 1 rings (SSSR count). The van der Waals surface area contributed by atoms with E-state index < -0.39 is 5.97 Å². The number of unbranched alkanes of at least 4 members (excludes halogenated alkanes) is 1. The second kappa shape index (κ2) is 6.43. The highest BCUT2D eigenvalue weighted by Gasteiger charge is 2.26. The van der Waals surface area contributed by atoms with Crippen molar-refractivity contribution in [3.05, 3.63) is 35.9 Å². The number of benzene rings is 1. The summed E-state index contributed by atoms with van der Waals surface area (Å²) in [6.45, 7) is 4.35. The zero-order chi connectivity index (χ0) is 12.7. The fraction of sp³-hybridized carbons (Fsp3) is 0.533. The van der Waals surface area contributed by atoms with Gasteiger partial charge in [-0.1, -0.05) is 57.0 Å². The van der Waals surface area contributed by atoms with Gasteiger partial charge in [0.05, 0.1) is 0 Å². The molecule has 0 aromatic heterocycles. The number of aliphatic carboxylic acids is 1. The molecule has 2 heteroatoms. The zero-order valence-electron chi connectivity index (χ0n) is 10.8. The van der Waals surface area contributed by atoms with Crippen LogP contribution in [0, 0.1) is 0 Å². The van der Waals surface area contributed by atoms with Gasteiger partial charge in [-0.25, -0.2) is 0 Å². The summed E-state index contributed by atoms with van der Waals surface area (Å²) in [5.74, 6) is -0.705. The smallest absolute Gasteiger partial charge is 0.303 e. The summed E-state index contributed by atoms with van der Waals surface area (Å²) in [5.41, 5.74) is 1.25. The van der Waals surface area contributed by atoms with Gasteiger partial charge in [0.25, 0.3) is 0 Å². The Balaban J connectivity index is 2.81. The highest BCUT2D eigenvalue weighted by molar-refractivity contribution is 5.66. The maximum absolute atomic E-state index is 10.8. The molecule has 2 nitrogen and oxygen atoms in total. The third-order valence-electron chi connectivity index (χ3n) is 3.44. The van der Waals surface area contributed by atoms with Crippen LogP contribution in [-0.4, -0.2) is 11.1 Å². The molecule has 1 N–H and O–H groups in total. The summed E-state index contributed by atoms with van der Waals surface area (Å²) < 4.78 is 0. The van der Waals surface area contributed by atoms with Gasteiger partial charge in [-0.15, -0.1) is 0 Å². The fourth-order valence-electron chi connectivity index (χ4n) is 2.20. The Morgan fingerprint density at radius 2 is 1.88 bits per heavy atom. The van der Waals surface area contributed by atoms with Gasteiger partial charge in [0.1, 0.15) is 0 Å². The highest BCUT2D eigenvalue weighted by atomic mass is 16.4. The van der Waals surface area contributed by atoms with E-state index in [9.17, 15) is 4.79 Å². The molecule has 0 saturated carbocycles. The van der Waals surface area contributed by atoms with Crippen LogP contribution in [0.5, 0.6) is 0 Å². The van der Waals surface area contributed by atoms with Crippen molar-refractivity contribution in [1.29, 1.82) is 0 Å². The molecule has 0 heterocycles. The topological polar surface area (TPSA) is 37.3 Å². The number of rotatable bonds is 7. The van der Waals surface area contributed by atoms with Crippen LogP contribution in [0.4, 0.5) is 0 Å². The van der Waals surface area contributed by atoms with Crippen LogP contribution in [0.2, 0.25) is 0 Å². The molecule has 0 aliphatic carbocycles. The zero-order valence-corrected chi connectivity index (χ0v) is 10.8. The minimum Gasteiger partial charge on any atom is -0.481 e. The van der Waals surface area contributed by atoms with E-state index in [1.165, 1.54) is 5.56 Å². The van der Waals surface area contributed by atoms with Crippen LogP contribution in [0.15, 0.2) is 30.3 Å². The van der Waals surface area contributed by atoms with Gasteiger partial charge in [-0.3, -0.25) is 4.79 Å². The molecule has 1 unspecified atom stereocenters. The van der Waals surface area contributed by atoms with Gasteiger partial charge >= 0.3 is 5.97 Å². The first-order valence-electron chi connectivity index (χ1n) is 6.36. The molecule has 17 heavy (non-hydrogen) atoms. The van der Waals surface area contributed by atoms with E-state index in [0.717, 1.165) is 19.3 Å². The third-order valence-corrected chi connectivity index (χ3v) is 3.44. The van der Waals surface area contributed by atoms with Gasteiger partial charge in [0.15, 0.2) is 0 Å². The Labute approximate surface area is 104 Å². The van der Waals surface area contributed by atoms with E-state index in [-0.39, 0.29) is 11.8 Å². The van der Waals surface area contributed by atoms with Crippen LogP contribution < -0.4 is 0 Å². The number of carbonyl (C=O) groups is 1. The predicted molar refractivity (Wildman–Crippen MR) is 70.2 cm³/mol. The lowest BCUT2D eigenvalue weighted by atomic mass is 9.75. The van der Waals surface area contributed by atoms with Crippen molar-refractivity contribution in [2.24, 2.45) is 0 Å². The Morgan fingerprint density at radius 1 is 1.24 bits per heavy atom. The number of carboxylic acid groups (broad SMARTS) is 1. The largest absolute Gasteiger partial charge is 0.481 e. The van der Waals surface area contributed by atoms with Crippen LogP contribution in [-0.2, 0) is 10.2 Å². The van der Waals surface area contributed by atoms with Gasteiger partial charge in [0, 0.05) is 6.42 Å². The molecule has 0 aliphatic rings. The summed E-state index contributed by atoms with van der Waals surface area (Å²) in [5, 5.41) is 8.85. The Kier molecular flexibility index (Phi) is 5.20. The summed E-state index contributed by atoms with van der Waals surface area (Å²) in [4.78, 5) is 10.8. The first kappa shape index (κ1) is 13.8. The lowest BCUT2D eigenvalue weighted by molar-refractivity contribution is -0.137. The second-order valence-electron chi connectivity index (χ2n) is 4.92. The van der Waals surface area contributed by atoms with Crippen molar-refractivity contribution >= 4 is 5.97 Å². The molecule has 94 valence electrons. The van der Waals surface area contributed by atoms with Crippen molar-refractivity contribution in [2.45, 2.75) is 51.4 Å². The van der Waals surface area contributed by atoms with Crippen molar-refractivity contribution in [3.8, 4) is 0 Å². The number of hydrogen-bond donors (Lipinski definition) is 1. The molecule has 0 spiro atoms. The molecule has 0 bridgehead atoms. The maximum Gasteiger partial charge on any atom is 0.303 e. The quantitative estimate of drug-likeness (QED) is 0.774. The highest BCUT2D eigenvalue weighted by Crippen LogP contribution is 2.34.